The van der Waals surface area contributed by atoms with Crippen LogP contribution < -0.4 is 20.1 Å². The zero-order valence-corrected chi connectivity index (χ0v) is 17.3. The fourth-order valence-corrected chi connectivity index (χ4v) is 4.01. The average Bonchev–Trinajstić information content (AvgIpc) is 3.32. The second kappa shape index (κ2) is 7.99. The number of aliphatic hydroxyl groups excluding tert-OH is 1. The Balaban J connectivity index is 1.81. The largest absolute Gasteiger partial charge is 0.497 e. The topological polar surface area (TPSA) is 96.9 Å². The highest BCUT2D eigenvalue weighted by Crippen LogP contribution is 2.45. The highest BCUT2D eigenvalue weighted by atomic mass is 16.5. The first-order chi connectivity index (χ1) is 14.5. The lowest BCUT2D eigenvalue weighted by atomic mass is 9.86. The van der Waals surface area contributed by atoms with Gasteiger partial charge in [-0.1, -0.05) is 19.1 Å². The molecule has 1 saturated carbocycles. The number of hydrogen-bond acceptors (Lipinski definition) is 5. The number of benzene rings is 2. The van der Waals surface area contributed by atoms with E-state index in [2.05, 4.69) is 17.6 Å². The first-order valence-electron chi connectivity index (χ1n) is 10.1. The molecular formula is C23H26N2O5. The van der Waals surface area contributed by atoms with Gasteiger partial charge in [-0.25, -0.2) is 0 Å². The summed E-state index contributed by atoms with van der Waals surface area (Å²) in [7, 11) is 3.12. The van der Waals surface area contributed by atoms with Crippen LogP contribution in [0.3, 0.4) is 0 Å². The Kier molecular flexibility index (Phi) is 5.39. The molecule has 7 heteroatoms. The molecule has 3 N–H and O–H groups in total. The Bertz CT molecular complexity index is 990. The molecule has 1 aliphatic carbocycles. The molecule has 1 aliphatic heterocycles. The third-order valence-corrected chi connectivity index (χ3v) is 5.89. The van der Waals surface area contributed by atoms with E-state index in [1.165, 1.54) is 7.05 Å². The molecule has 2 amide bonds. The van der Waals surface area contributed by atoms with Crippen molar-refractivity contribution in [1.82, 2.24) is 10.6 Å². The van der Waals surface area contributed by atoms with Crippen molar-refractivity contribution in [2.45, 2.75) is 31.4 Å². The summed E-state index contributed by atoms with van der Waals surface area (Å²) in [5.41, 5.74) is 2.27. The number of hydrogen-bond donors (Lipinski definition) is 3. The van der Waals surface area contributed by atoms with Crippen LogP contribution in [0, 0.1) is 5.92 Å². The van der Waals surface area contributed by atoms with Crippen LogP contribution in [0.4, 0.5) is 0 Å². The maximum atomic E-state index is 12.8. The van der Waals surface area contributed by atoms with E-state index in [0.717, 1.165) is 12.0 Å². The third-order valence-electron chi connectivity index (χ3n) is 5.89. The van der Waals surface area contributed by atoms with Crippen molar-refractivity contribution in [1.29, 1.82) is 0 Å². The summed E-state index contributed by atoms with van der Waals surface area (Å²) in [5.74, 6) is 0.653. The van der Waals surface area contributed by atoms with Crippen LogP contribution in [0.15, 0.2) is 36.4 Å². The first-order valence-corrected chi connectivity index (χ1v) is 10.1. The van der Waals surface area contributed by atoms with Crippen molar-refractivity contribution in [3.63, 3.8) is 0 Å². The van der Waals surface area contributed by atoms with E-state index < -0.39 is 6.10 Å². The van der Waals surface area contributed by atoms with Gasteiger partial charge < -0.3 is 25.2 Å². The molecule has 1 fully saturated rings. The quantitative estimate of drug-likeness (QED) is 0.678. The molecule has 2 aromatic carbocycles. The van der Waals surface area contributed by atoms with Crippen LogP contribution in [0.2, 0.25) is 0 Å². The predicted molar refractivity (Wildman–Crippen MR) is 111 cm³/mol. The summed E-state index contributed by atoms with van der Waals surface area (Å²) in [4.78, 5) is 25.4. The van der Waals surface area contributed by atoms with Crippen molar-refractivity contribution < 1.29 is 24.2 Å². The fourth-order valence-electron chi connectivity index (χ4n) is 4.01. The smallest absolute Gasteiger partial charge is 0.254 e. The predicted octanol–water partition coefficient (Wildman–Crippen LogP) is 2.08. The first kappa shape index (κ1) is 20.2. The van der Waals surface area contributed by atoms with Crippen LogP contribution in [0.1, 0.15) is 51.1 Å². The fraction of sp³-hybridized carbons (Fsp3) is 0.391. The normalized spacial score (nSPS) is 23.9. The van der Waals surface area contributed by atoms with Gasteiger partial charge in [-0.3, -0.25) is 9.59 Å². The monoisotopic (exact) mass is 410 g/mol. The zero-order chi connectivity index (χ0) is 21.4. The van der Waals surface area contributed by atoms with E-state index in [-0.39, 0.29) is 35.9 Å². The van der Waals surface area contributed by atoms with Gasteiger partial charge in [0.05, 0.1) is 25.2 Å². The Labute approximate surface area is 175 Å². The molecule has 4 rings (SSSR count). The highest BCUT2D eigenvalue weighted by molar-refractivity contribution is 6.02. The van der Waals surface area contributed by atoms with Gasteiger partial charge in [0.25, 0.3) is 11.8 Å². The highest BCUT2D eigenvalue weighted by Gasteiger charge is 2.39. The van der Waals surface area contributed by atoms with Gasteiger partial charge in [0.1, 0.15) is 17.6 Å². The Morgan fingerprint density at radius 2 is 2.00 bits per heavy atom. The molecule has 0 aromatic heterocycles. The molecule has 4 atom stereocenters. The van der Waals surface area contributed by atoms with E-state index in [1.54, 1.807) is 19.2 Å². The van der Waals surface area contributed by atoms with Crippen molar-refractivity contribution in [2.24, 2.45) is 5.92 Å². The number of methoxy groups -OCH3 is 1. The summed E-state index contributed by atoms with van der Waals surface area (Å²) in [5, 5.41) is 15.6. The second-order valence-corrected chi connectivity index (χ2v) is 7.91. The van der Waals surface area contributed by atoms with Crippen LogP contribution in [-0.2, 0) is 0 Å². The summed E-state index contributed by atoms with van der Waals surface area (Å²) in [6, 6.07) is 11.0. The number of aliphatic hydroxyl groups is 1. The number of carbonyl (C=O) groups is 2. The lowest BCUT2D eigenvalue weighted by molar-refractivity contribution is 0.0947. The minimum Gasteiger partial charge on any atom is -0.497 e. The summed E-state index contributed by atoms with van der Waals surface area (Å²) < 4.78 is 11.4. The van der Waals surface area contributed by atoms with E-state index >= 15 is 0 Å². The number of amides is 2. The molecule has 7 nitrogen and oxygen atoms in total. The lowest BCUT2D eigenvalue weighted by Gasteiger charge is -2.18. The van der Waals surface area contributed by atoms with Crippen LogP contribution in [0.5, 0.6) is 11.5 Å². The molecule has 2 unspecified atom stereocenters. The maximum absolute atomic E-state index is 12.8. The third kappa shape index (κ3) is 3.61. The average molecular weight is 410 g/mol. The zero-order valence-electron chi connectivity index (χ0n) is 17.3. The van der Waals surface area contributed by atoms with E-state index in [9.17, 15) is 14.7 Å². The summed E-state index contributed by atoms with van der Waals surface area (Å²) >= 11 is 0. The van der Waals surface area contributed by atoms with Crippen molar-refractivity contribution in [3.05, 3.63) is 58.7 Å². The molecule has 1 heterocycles. The number of fused-ring (bicyclic) bond motifs is 1. The number of rotatable bonds is 6. The van der Waals surface area contributed by atoms with E-state index in [1.807, 2.05) is 24.3 Å². The lowest BCUT2D eigenvalue weighted by Crippen LogP contribution is -2.27. The van der Waals surface area contributed by atoms with Gasteiger partial charge in [-0.05, 0) is 42.2 Å². The minimum atomic E-state index is -0.572. The molecule has 2 aromatic rings. The second-order valence-electron chi connectivity index (χ2n) is 7.91. The van der Waals surface area contributed by atoms with Crippen LogP contribution >= 0.6 is 0 Å². The number of carbonyl (C=O) groups excluding carboxylic acids is 2. The van der Waals surface area contributed by atoms with Crippen molar-refractivity contribution in [3.8, 4) is 11.5 Å². The van der Waals surface area contributed by atoms with Gasteiger partial charge in [0.2, 0.25) is 0 Å². The Hall–Kier alpha value is -3.06. The summed E-state index contributed by atoms with van der Waals surface area (Å²) in [6.07, 6.45) is 0.387. The molecule has 0 radical (unpaired) electrons. The summed E-state index contributed by atoms with van der Waals surface area (Å²) in [6.45, 7) is 1.85. The standard InChI is InChI=1S/C23H26N2O5/c1-12-7-18(12)25-22(27)14-9-16-20(13-5-4-6-15(8-13)29-3)19(11-26)30-21(16)17(10-14)23(28)24-2/h4-6,8-10,12,18-20,26H,7,11H2,1-3H3,(H,24,28)(H,25,27)/t12-,18-,19?,20?/m0/s1. The van der Waals surface area contributed by atoms with Crippen LogP contribution in [0.25, 0.3) is 0 Å². The van der Waals surface area contributed by atoms with E-state index in [4.69, 9.17) is 9.47 Å². The van der Waals surface area contributed by atoms with Gasteiger partial charge in [0, 0.05) is 24.2 Å². The van der Waals surface area contributed by atoms with Gasteiger partial charge in [0.15, 0.2) is 0 Å². The molecular weight excluding hydrogens is 384 g/mol. The SMILES string of the molecule is CNC(=O)c1cc(C(=O)N[C@H]2C[C@@H]2C)cc2c1OC(CO)C2c1cccc(OC)c1. The van der Waals surface area contributed by atoms with Crippen molar-refractivity contribution >= 4 is 11.8 Å². The molecule has 30 heavy (non-hydrogen) atoms. The van der Waals surface area contributed by atoms with Gasteiger partial charge >= 0.3 is 0 Å². The number of nitrogens with one attached hydrogen (secondary N) is 2. The van der Waals surface area contributed by atoms with Crippen LogP contribution in [-0.4, -0.2) is 49.8 Å². The molecule has 2 aliphatic rings. The minimum absolute atomic E-state index is 0.171. The molecule has 0 saturated heterocycles. The Morgan fingerprint density at radius 3 is 2.63 bits per heavy atom. The molecule has 0 spiro atoms. The Morgan fingerprint density at radius 1 is 1.23 bits per heavy atom. The molecule has 158 valence electrons. The van der Waals surface area contributed by atoms with Gasteiger partial charge in [-0.15, -0.1) is 0 Å². The van der Waals surface area contributed by atoms with Crippen molar-refractivity contribution in [2.75, 3.05) is 20.8 Å². The van der Waals surface area contributed by atoms with E-state index in [0.29, 0.717) is 28.5 Å². The number of ether oxygens (including phenoxy) is 2. The maximum Gasteiger partial charge on any atom is 0.254 e. The molecule has 0 bridgehead atoms. The van der Waals surface area contributed by atoms with Gasteiger partial charge in [-0.2, -0.15) is 0 Å².